The highest BCUT2D eigenvalue weighted by molar-refractivity contribution is 6.42. The van der Waals surface area contributed by atoms with Gasteiger partial charge in [0.15, 0.2) is 0 Å². The van der Waals surface area contributed by atoms with E-state index in [4.69, 9.17) is 39.5 Å². The zero-order chi connectivity index (χ0) is 17.6. The molecule has 0 atom stereocenters. The van der Waals surface area contributed by atoms with Crippen molar-refractivity contribution in [1.82, 2.24) is 0 Å². The Labute approximate surface area is 162 Å². The maximum atomic E-state index is 6.18. The first-order chi connectivity index (χ1) is 12.1. The zero-order valence-electron chi connectivity index (χ0n) is 13.3. The molecular formula is C20H16Cl3NO. The molecule has 0 saturated heterocycles. The van der Waals surface area contributed by atoms with Crippen LogP contribution in [-0.4, -0.2) is 0 Å². The Morgan fingerprint density at radius 2 is 1.44 bits per heavy atom. The molecule has 3 aromatic carbocycles. The molecule has 0 aliphatic heterocycles. The summed E-state index contributed by atoms with van der Waals surface area (Å²) in [5, 5.41) is 5.09. The lowest BCUT2D eigenvalue weighted by Gasteiger charge is -2.14. The smallest absolute Gasteiger partial charge is 0.124 e. The quantitative estimate of drug-likeness (QED) is 0.496. The van der Waals surface area contributed by atoms with Crippen molar-refractivity contribution in [3.05, 3.63) is 92.9 Å². The summed E-state index contributed by atoms with van der Waals surface area (Å²) in [5.74, 6) is 0.815. The largest absolute Gasteiger partial charge is 0.488 e. The molecule has 2 nitrogen and oxygen atoms in total. The fraction of sp³-hybridized carbons (Fsp3) is 0.100. The van der Waals surface area contributed by atoms with Gasteiger partial charge in [-0.25, -0.2) is 0 Å². The van der Waals surface area contributed by atoms with Crippen LogP contribution in [0.15, 0.2) is 66.7 Å². The first-order valence-corrected chi connectivity index (χ1v) is 8.90. The van der Waals surface area contributed by atoms with Crippen LogP contribution in [-0.2, 0) is 13.2 Å². The van der Waals surface area contributed by atoms with Crippen molar-refractivity contribution in [2.45, 2.75) is 13.2 Å². The van der Waals surface area contributed by atoms with Crippen LogP contribution in [0.25, 0.3) is 0 Å². The standard InChI is InChI=1S/C20H16Cl3NO/c21-17-7-3-1-6-15(17)13-25-20-8-4-2-5-14(20)12-24-16-9-10-18(22)19(23)11-16/h1-11,24H,12-13H2. The predicted molar refractivity (Wildman–Crippen MR) is 106 cm³/mol. The van der Waals surface area contributed by atoms with Gasteiger partial charge in [-0.2, -0.15) is 0 Å². The number of nitrogens with one attached hydrogen (secondary N) is 1. The SMILES string of the molecule is Clc1ccc(NCc2ccccc2OCc2ccccc2Cl)cc1Cl. The molecule has 0 aliphatic carbocycles. The molecule has 0 saturated carbocycles. The third kappa shape index (κ3) is 4.82. The van der Waals surface area contributed by atoms with E-state index in [-0.39, 0.29) is 0 Å². The minimum Gasteiger partial charge on any atom is -0.488 e. The monoisotopic (exact) mass is 391 g/mol. The van der Waals surface area contributed by atoms with Gasteiger partial charge in [0.05, 0.1) is 10.0 Å². The van der Waals surface area contributed by atoms with E-state index in [2.05, 4.69) is 5.32 Å². The van der Waals surface area contributed by atoms with E-state index in [0.29, 0.717) is 28.2 Å². The molecule has 0 aliphatic rings. The number of rotatable bonds is 6. The lowest BCUT2D eigenvalue weighted by Crippen LogP contribution is -2.04. The van der Waals surface area contributed by atoms with Gasteiger partial charge in [-0.05, 0) is 30.3 Å². The highest BCUT2D eigenvalue weighted by atomic mass is 35.5. The number of para-hydroxylation sites is 1. The van der Waals surface area contributed by atoms with Crippen molar-refractivity contribution < 1.29 is 4.74 Å². The first kappa shape index (κ1) is 17.9. The molecule has 1 N–H and O–H groups in total. The molecule has 5 heteroatoms. The van der Waals surface area contributed by atoms with Crippen LogP contribution in [0, 0.1) is 0 Å². The van der Waals surface area contributed by atoms with Gasteiger partial charge in [0.2, 0.25) is 0 Å². The molecule has 0 radical (unpaired) electrons. The maximum Gasteiger partial charge on any atom is 0.124 e. The predicted octanol–water partition coefficient (Wildman–Crippen LogP) is 6.84. The minimum absolute atomic E-state index is 0.420. The maximum absolute atomic E-state index is 6.18. The summed E-state index contributed by atoms with van der Waals surface area (Å²) in [6, 6.07) is 21.0. The Morgan fingerprint density at radius 1 is 0.720 bits per heavy atom. The average molecular weight is 393 g/mol. The van der Waals surface area contributed by atoms with Crippen LogP contribution in [0.5, 0.6) is 5.75 Å². The summed E-state index contributed by atoms with van der Waals surface area (Å²) >= 11 is 18.2. The topological polar surface area (TPSA) is 21.3 Å². The van der Waals surface area contributed by atoms with Gasteiger partial charge in [0, 0.05) is 28.4 Å². The lowest BCUT2D eigenvalue weighted by molar-refractivity contribution is 0.303. The Balaban J connectivity index is 1.68. The number of benzene rings is 3. The normalized spacial score (nSPS) is 10.5. The van der Waals surface area contributed by atoms with E-state index in [1.165, 1.54) is 0 Å². The molecule has 0 heterocycles. The van der Waals surface area contributed by atoms with Crippen molar-refractivity contribution in [1.29, 1.82) is 0 Å². The highest BCUT2D eigenvalue weighted by Crippen LogP contribution is 2.27. The highest BCUT2D eigenvalue weighted by Gasteiger charge is 2.06. The Morgan fingerprint density at radius 3 is 2.20 bits per heavy atom. The molecule has 3 rings (SSSR count). The average Bonchev–Trinajstić information content (AvgIpc) is 2.63. The van der Waals surface area contributed by atoms with Gasteiger partial charge in [0.1, 0.15) is 12.4 Å². The molecule has 0 bridgehead atoms. The molecule has 0 amide bonds. The van der Waals surface area contributed by atoms with Gasteiger partial charge in [0.25, 0.3) is 0 Å². The number of halogens is 3. The van der Waals surface area contributed by atoms with E-state index in [0.717, 1.165) is 22.6 Å². The van der Waals surface area contributed by atoms with Crippen molar-refractivity contribution >= 4 is 40.5 Å². The van der Waals surface area contributed by atoms with Gasteiger partial charge in [-0.15, -0.1) is 0 Å². The molecule has 0 unspecified atom stereocenters. The molecule has 0 aromatic heterocycles. The van der Waals surface area contributed by atoms with Crippen molar-refractivity contribution in [2.24, 2.45) is 0 Å². The Kier molecular flexibility index (Phi) is 6.09. The van der Waals surface area contributed by atoms with Gasteiger partial charge in [-0.1, -0.05) is 71.2 Å². The summed E-state index contributed by atoms with van der Waals surface area (Å²) in [5.41, 5.74) is 2.90. The first-order valence-electron chi connectivity index (χ1n) is 7.76. The summed E-state index contributed by atoms with van der Waals surface area (Å²) in [7, 11) is 0. The number of hydrogen-bond acceptors (Lipinski definition) is 2. The van der Waals surface area contributed by atoms with Crippen molar-refractivity contribution in [3.8, 4) is 5.75 Å². The van der Waals surface area contributed by atoms with Crippen LogP contribution >= 0.6 is 34.8 Å². The third-order valence-corrected chi connectivity index (χ3v) is 4.82. The number of hydrogen-bond donors (Lipinski definition) is 1. The second-order valence-corrected chi connectivity index (χ2v) is 6.69. The van der Waals surface area contributed by atoms with Gasteiger partial charge in [-0.3, -0.25) is 0 Å². The zero-order valence-corrected chi connectivity index (χ0v) is 15.6. The van der Waals surface area contributed by atoms with Gasteiger partial charge < -0.3 is 10.1 Å². The van der Waals surface area contributed by atoms with E-state index >= 15 is 0 Å². The molecule has 0 spiro atoms. The Bertz CT molecular complexity index is 867. The summed E-state index contributed by atoms with van der Waals surface area (Å²) in [6.45, 7) is 1.03. The Hall–Kier alpha value is -1.87. The van der Waals surface area contributed by atoms with E-state index in [1.54, 1.807) is 12.1 Å². The fourth-order valence-corrected chi connectivity index (χ4v) is 2.85. The molecule has 25 heavy (non-hydrogen) atoms. The summed E-state index contributed by atoms with van der Waals surface area (Å²) in [6.07, 6.45) is 0. The summed E-state index contributed by atoms with van der Waals surface area (Å²) < 4.78 is 5.96. The van der Waals surface area contributed by atoms with Crippen LogP contribution in [0.3, 0.4) is 0 Å². The van der Waals surface area contributed by atoms with Crippen LogP contribution < -0.4 is 10.1 Å². The molecule has 3 aromatic rings. The van der Waals surface area contributed by atoms with E-state index in [9.17, 15) is 0 Å². The third-order valence-electron chi connectivity index (χ3n) is 3.72. The lowest BCUT2D eigenvalue weighted by atomic mass is 10.2. The van der Waals surface area contributed by atoms with Crippen molar-refractivity contribution in [3.63, 3.8) is 0 Å². The van der Waals surface area contributed by atoms with Gasteiger partial charge >= 0.3 is 0 Å². The van der Waals surface area contributed by atoms with E-state index in [1.807, 2.05) is 54.6 Å². The number of anilines is 1. The van der Waals surface area contributed by atoms with Crippen LogP contribution in [0.4, 0.5) is 5.69 Å². The summed E-state index contributed by atoms with van der Waals surface area (Å²) in [4.78, 5) is 0. The fourth-order valence-electron chi connectivity index (χ4n) is 2.37. The minimum atomic E-state index is 0.420. The molecule has 128 valence electrons. The van der Waals surface area contributed by atoms with Crippen molar-refractivity contribution in [2.75, 3.05) is 5.32 Å². The molecule has 0 fully saturated rings. The number of ether oxygens (including phenoxy) is 1. The van der Waals surface area contributed by atoms with Crippen LogP contribution in [0.2, 0.25) is 15.1 Å². The second kappa shape index (κ2) is 8.48. The van der Waals surface area contributed by atoms with Crippen LogP contribution in [0.1, 0.15) is 11.1 Å². The van der Waals surface area contributed by atoms with E-state index < -0.39 is 0 Å². The molecular weight excluding hydrogens is 377 g/mol. The second-order valence-electron chi connectivity index (χ2n) is 5.47.